The fraction of sp³-hybridized carbons (Fsp3) is 0.333. The second-order valence-corrected chi connectivity index (χ2v) is 7.58. The molecule has 1 heterocycles. The number of ether oxygens (including phenoxy) is 1. The predicted molar refractivity (Wildman–Crippen MR) is 108 cm³/mol. The lowest BCUT2D eigenvalue weighted by atomic mass is 10.1. The quantitative estimate of drug-likeness (QED) is 0.489. The highest BCUT2D eigenvalue weighted by molar-refractivity contribution is 6.25. The minimum Gasteiger partial charge on any atom is -0.467 e. The maximum atomic E-state index is 13.7. The Morgan fingerprint density at radius 3 is 2.81 bits per heavy atom. The monoisotopic (exact) mass is 457 g/mol. The molecule has 0 radical (unpaired) electrons. The first-order chi connectivity index (χ1) is 14.6. The molecule has 0 saturated carbocycles. The number of carbonyl (C=O) groups is 1. The average molecular weight is 458 g/mol. The molecular formula is C21H20ClF4N3O2. The van der Waals surface area contributed by atoms with Gasteiger partial charge in [0.25, 0.3) is 5.91 Å². The van der Waals surface area contributed by atoms with E-state index in [1.807, 2.05) is 0 Å². The Bertz CT molecular complexity index is 1000. The summed E-state index contributed by atoms with van der Waals surface area (Å²) in [5.74, 6) is -1.20. The smallest absolute Gasteiger partial charge is 0.435 e. The van der Waals surface area contributed by atoms with Crippen LogP contribution in [0.3, 0.4) is 0 Å². The Kier molecular flexibility index (Phi) is 7.04. The van der Waals surface area contributed by atoms with Gasteiger partial charge in [-0.25, -0.2) is 9.07 Å². The van der Waals surface area contributed by atoms with Crippen LogP contribution in [0.15, 0.2) is 48.6 Å². The molecule has 31 heavy (non-hydrogen) atoms. The van der Waals surface area contributed by atoms with Gasteiger partial charge < -0.3 is 10.1 Å². The third-order valence-electron chi connectivity index (χ3n) is 4.52. The number of aromatic nitrogens is 2. The van der Waals surface area contributed by atoms with E-state index >= 15 is 0 Å². The van der Waals surface area contributed by atoms with E-state index in [-0.39, 0.29) is 18.1 Å². The number of nitrogens with zero attached hydrogens (tertiary/aromatic N) is 2. The molecule has 2 aromatic rings. The molecule has 1 aliphatic rings. The maximum Gasteiger partial charge on any atom is 0.435 e. The van der Waals surface area contributed by atoms with Crippen molar-refractivity contribution in [1.29, 1.82) is 0 Å². The van der Waals surface area contributed by atoms with E-state index in [2.05, 4.69) is 10.4 Å². The van der Waals surface area contributed by atoms with Crippen LogP contribution in [0.1, 0.15) is 24.6 Å². The Labute approximate surface area is 181 Å². The highest BCUT2D eigenvalue weighted by atomic mass is 35.5. The number of carbonyl (C=O) groups excluding carboxylic acids is 1. The van der Waals surface area contributed by atoms with Gasteiger partial charge in [0, 0.05) is 12.1 Å². The van der Waals surface area contributed by atoms with E-state index in [1.54, 1.807) is 37.3 Å². The largest absolute Gasteiger partial charge is 0.467 e. The summed E-state index contributed by atoms with van der Waals surface area (Å²) in [4.78, 5) is 12.2. The number of nitrogens with one attached hydrogen (secondary N) is 1. The van der Waals surface area contributed by atoms with Gasteiger partial charge in [0.05, 0.1) is 11.1 Å². The fourth-order valence-corrected chi connectivity index (χ4v) is 3.35. The summed E-state index contributed by atoms with van der Waals surface area (Å²) in [6.45, 7) is 1.15. The number of allylic oxidation sites excluding steroid dienone is 4. The zero-order valence-corrected chi connectivity index (χ0v) is 17.3. The van der Waals surface area contributed by atoms with Crippen molar-refractivity contribution in [3.63, 3.8) is 0 Å². The van der Waals surface area contributed by atoms with Crippen LogP contribution in [-0.2, 0) is 17.4 Å². The molecule has 1 aromatic heterocycles. The third-order valence-corrected chi connectivity index (χ3v) is 4.92. The number of amides is 1. The summed E-state index contributed by atoms with van der Waals surface area (Å²) in [5, 5.41) is 5.61. The number of halogens is 5. The predicted octanol–water partition coefficient (Wildman–Crippen LogP) is 4.58. The van der Waals surface area contributed by atoms with Crippen LogP contribution in [0.4, 0.5) is 17.6 Å². The molecule has 0 bridgehead atoms. The molecule has 1 aliphatic carbocycles. The minimum absolute atomic E-state index is 0.252. The molecule has 2 unspecified atom stereocenters. The summed E-state index contributed by atoms with van der Waals surface area (Å²) >= 11 is 6.21. The zero-order valence-electron chi connectivity index (χ0n) is 16.5. The fourth-order valence-electron chi connectivity index (χ4n) is 3.08. The van der Waals surface area contributed by atoms with Crippen LogP contribution < -0.4 is 10.1 Å². The molecule has 166 valence electrons. The number of hydrogen-bond donors (Lipinski definition) is 1. The topological polar surface area (TPSA) is 56.1 Å². The van der Waals surface area contributed by atoms with Crippen molar-refractivity contribution in [3.05, 3.63) is 65.6 Å². The van der Waals surface area contributed by atoms with Crippen molar-refractivity contribution < 1.29 is 27.1 Å². The van der Waals surface area contributed by atoms with E-state index < -0.39 is 35.8 Å². The first-order valence-corrected chi connectivity index (χ1v) is 9.92. The normalized spacial score (nSPS) is 17.2. The number of alkyl halides is 4. The Morgan fingerprint density at radius 2 is 2.13 bits per heavy atom. The molecule has 2 atom stereocenters. The van der Waals surface area contributed by atoms with Crippen LogP contribution in [-0.4, -0.2) is 33.7 Å². The van der Waals surface area contributed by atoms with Crippen LogP contribution in [0.5, 0.6) is 5.88 Å². The lowest BCUT2D eigenvalue weighted by Gasteiger charge is -2.18. The summed E-state index contributed by atoms with van der Waals surface area (Å²) in [7, 11) is 0. The van der Waals surface area contributed by atoms with Gasteiger partial charge in [-0.2, -0.15) is 18.3 Å². The van der Waals surface area contributed by atoms with E-state index in [9.17, 15) is 22.4 Å². The summed E-state index contributed by atoms with van der Waals surface area (Å²) in [6.07, 6.45) is 0.957. The molecule has 0 aliphatic heterocycles. The first kappa shape index (κ1) is 22.9. The van der Waals surface area contributed by atoms with Crippen molar-refractivity contribution in [2.75, 3.05) is 6.61 Å². The highest BCUT2D eigenvalue weighted by Crippen LogP contribution is 2.34. The molecular weight excluding hydrogens is 438 g/mol. The van der Waals surface area contributed by atoms with E-state index in [4.69, 9.17) is 16.3 Å². The van der Waals surface area contributed by atoms with Gasteiger partial charge in [0.15, 0.2) is 12.3 Å². The Morgan fingerprint density at radius 1 is 1.39 bits per heavy atom. The summed E-state index contributed by atoms with van der Waals surface area (Å²) in [6, 6.07) is 6.50. The standard InChI is InChI=1S/C21H20ClF4N3O2/c1-13(10-14-6-2-4-8-16(14)23)27-19(30)12-31-20-11-18(21(24,25)26)28-29(20)17-9-5-3-7-15(17)22/h2-6,8-9,11,13,15H,7,10,12H2,1H3,(H,27,30). The SMILES string of the molecule is CC(Cc1ccccc1F)NC(=O)COc1cc(C(F)(F)F)nn1C1=CC=CCC1Cl. The molecule has 0 saturated heterocycles. The summed E-state index contributed by atoms with van der Waals surface area (Å²) < 4.78 is 59.5. The van der Waals surface area contributed by atoms with E-state index in [0.29, 0.717) is 17.7 Å². The van der Waals surface area contributed by atoms with Crippen LogP contribution in [0.25, 0.3) is 5.70 Å². The van der Waals surface area contributed by atoms with Crippen molar-refractivity contribution in [3.8, 4) is 5.88 Å². The van der Waals surface area contributed by atoms with Gasteiger partial charge in [0.2, 0.25) is 5.88 Å². The number of hydrogen-bond acceptors (Lipinski definition) is 3. The number of rotatable bonds is 7. The zero-order chi connectivity index (χ0) is 22.6. The van der Waals surface area contributed by atoms with Crippen molar-refractivity contribution >= 4 is 23.2 Å². The highest BCUT2D eigenvalue weighted by Gasteiger charge is 2.36. The van der Waals surface area contributed by atoms with Crippen LogP contribution >= 0.6 is 11.6 Å². The van der Waals surface area contributed by atoms with Gasteiger partial charge in [-0.05, 0) is 37.5 Å². The lowest BCUT2D eigenvalue weighted by Crippen LogP contribution is -2.37. The van der Waals surface area contributed by atoms with Gasteiger partial charge in [0.1, 0.15) is 5.82 Å². The van der Waals surface area contributed by atoms with Crippen LogP contribution in [0, 0.1) is 5.82 Å². The van der Waals surface area contributed by atoms with Gasteiger partial charge in [-0.3, -0.25) is 4.79 Å². The molecule has 3 rings (SSSR count). The minimum atomic E-state index is -4.69. The molecule has 5 nitrogen and oxygen atoms in total. The van der Waals surface area contributed by atoms with Crippen molar-refractivity contribution in [1.82, 2.24) is 15.1 Å². The maximum absolute atomic E-state index is 13.7. The Hall–Kier alpha value is -2.81. The lowest BCUT2D eigenvalue weighted by molar-refractivity contribution is -0.141. The van der Waals surface area contributed by atoms with E-state index in [1.165, 1.54) is 12.1 Å². The second-order valence-electron chi connectivity index (χ2n) is 7.05. The van der Waals surface area contributed by atoms with Crippen molar-refractivity contribution in [2.24, 2.45) is 0 Å². The summed E-state index contributed by atoms with van der Waals surface area (Å²) in [5.41, 5.74) is -0.410. The molecule has 1 amide bonds. The first-order valence-electron chi connectivity index (χ1n) is 9.49. The molecule has 1 aromatic carbocycles. The van der Waals surface area contributed by atoms with Gasteiger partial charge in [-0.15, -0.1) is 11.6 Å². The second kappa shape index (κ2) is 9.55. The van der Waals surface area contributed by atoms with E-state index in [0.717, 1.165) is 10.7 Å². The molecule has 1 N–H and O–H groups in total. The Balaban J connectivity index is 1.68. The van der Waals surface area contributed by atoms with Gasteiger partial charge in [-0.1, -0.05) is 30.4 Å². The van der Waals surface area contributed by atoms with Crippen molar-refractivity contribution in [2.45, 2.75) is 37.4 Å². The molecule has 0 fully saturated rings. The van der Waals surface area contributed by atoms with Crippen LogP contribution in [0.2, 0.25) is 0 Å². The van der Waals surface area contributed by atoms with Gasteiger partial charge >= 0.3 is 6.18 Å². The number of benzene rings is 1. The molecule has 0 spiro atoms. The molecule has 10 heteroatoms. The third kappa shape index (κ3) is 5.88. The average Bonchev–Trinajstić information content (AvgIpc) is 3.13.